The molecule has 5 heterocycles. The number of imidazole rings is 1. The number of aryl methyl sites for hydroxylation is 1. The summed E-state index contributed by atoms with van der Waals surface area (Å²) in [4.78, 5) is 28.4. The largest absolute Gasteiger partial charge is 0.383 e. The third kappa shape index (κ3) is 4.89. The predicted octanol–water partition coefficient (Wildman–Crippen LogP) is 4.29. The highest BCUT2D eigenvalue weighted by Gasteiger charge is 2.33. The molecule has 0 saturated carbocycles. The third-order valence-electron chi connectivity index (χ3n) is 8.71. The number of anilines is 1. The summed E-state index contributed by atoms with van der Waals surface area (Å²) >= 11 is 0. The van der Waals surface area contributed by atoms with E-state index in [2.05, 4.69) is 50.8 Å². The lowest BCUT2D eigenvalue weighted by Gasteiger charge is -2.39. The Kier molecular flexibility index (Phi) is 7.12. The molecule has 1 aliphatic heterocycles. The van der Waals surface area contributed by atoms with Crippen LogP contribution in [0, 0.1) is 11.3 Å². The van der Waals surface area contributed by atoms with Crippen molar-refractivity contribution < 1.29 is 4.79 Å². The number of carbonyl (C=O) groups excluding carboxylic acids is 1. The number of benzene rings is 1. The second kappa shape index (κ2) is 11.4. The summed E-state index contributed by atoms with van der Waals surface area (Å²) in [5.74, 6) is 1.66. The van der Waals surface area contributed by atoms with Gasteiger partial charge in [-0.2, -0.15) is 10.4 Å². The van der Waals surface area contributed by atoms with Crippen LogP contribution in [-0.2, 0) is 11.2 Å². The number of piperidine rings is 1. The topological polar surface area (TPSA) is 144 Å². The summed E-state index contributed by atoms with van der Waals surface area (Å²) in [5, 5.41) is 17.6. The molecule has 3 N–H and O–H groups in total. The minimum atomic E-state index is -0.105. The molecule has 0 bridgehead atoms. The maximum Gasteiger partial charge on any atom is 0.246 e. The van der Waals surface area contributed by atoms with E-state index < -0.39 is 0 Å². The Morgan fingerprint density at radius 2 is 2.07 bits per heavy atom. The molecule has 11 heteroatoms. The van der Waals surface area contributed by atoms with Crippen LogP contribution in [0.1, 0.15) is 42.9 Å². The van der Waals surface area contributed by atoms with E-state index in [4.69, 9.17) is 15.7 Å². The second-order valence-corrected chi connectivity index (χ2v) is 11.3. The van der Waals surface area contributed by atoms with Crippen molar-refractivity contribution >= 4 is 22.9 Å². The van der Waals surface area contributed by atoms with Crippen LogP contribution in [0.3, 0.4) is 0 Å². The van der Waals surface area contributed by atoms with Crippen molar-refractivity contribution in [3.05, 3.63) is 90.9 Å². The zero-order valence-electron chi connectivity index (χ0n) is 24.2. The smallest absolute Gasteiger partial charge is 0.246 e. The molecule has 4 aromatic heterocycles. The molecular weight excluding hydrogens is 552 g/mol. The number of nitrogen functional groups attached to an aromatic ring is 1. The number of carbonyl (C=O) groups is 1. The standard InChI is InChI=1S/C33H32N10O/c1-2-30(44)41-18-13-22(20-23(41)12-14-34)38-27-9-6-21-19-24(7-8-25(21)27)43-32(26-5-3-15-36-31(26)35)39-28-10-11-29(40-33(28)43)42-17-4-16-37-42/h2-5,7-8,10-11,15-17,19,22-23,27,38H,1,6,9,12-13,18,20H2,(H2,35,36)/t22?,23?,27-/m0/s1. The molecule has 220 valence electrons. The van der Waals surface area contributed by atoms with Gasteiger partial charge in [-0.1, -0.05) is 12.6 Å². The summed E-state index contributed by atoms with van der Waals surface area (Å²) in [5.41, 5.74) is 12.0. The molecule has 5 aromatic rings. The van der Waals surface area contributed by atoms with Crippen LogP contribution >= 0.6 is 0 Å². The first-order valence-electron chi connectivity index (χ1n) is 14.8. The number of hydrogen-bond donors (Lipinski definition) is 2. The number of pyridine rings is 2. The van der Waals surface area contributed by atoms with Crippen LogP contribution in [0.15, 0.2) is 79.8 Å². The van der Waals surface area contributed by atoms with Crippen molar-refractivity contribution in [3.63, 3.8) is 0 Å². The van der Waals surface area contributed by atoms with Gasteiger partial charge in [0.2, 0.25) is 5.91 Å². The van der Waals surface area contributed by atoms with Crippen molar-refractivity contribution in [2.24, 2.45) is 0 Å². The van der Waals surface area contributed by atoms with Gasteiger partial charge in [0.1, 0.15) is 11.3 Å². The molecule has 0 spiro atoms. The van der Waals surface area contributed by atoms with Gasteiger partial charge in [-0.15, -0.1) is 0 Å². The highest BCUT2D eigenvalue weighted by Crippen LogP contribution is 2.37. The average Bonchev–Trinajstić information content (AvgIpc) is 3.80. The van der Waals surface area contributed by atoms with Gasteiger partial charge >= 0.3 is 0 Å². The van der Waals surface area contributed by atoms with E-state index in [1.54, 1.807) is 22.0 Å². The molecule has 1 saturated heterocycles. The lowest BCUT2D eigenvalue weighted by atomic mass is 9.93. The third-order valence-corrected chi connectivity index (χ3v) is 8.71. The second-order valence-electron chi connectivity index (χ2n) is 11.3. The van der Waals surface area contributed by atoms with Crippen molar-refractivity contribution in [3.8, 4) is 29.0 Å². The van der Waals surface area contributed by atoms with Crippen molar-refractivity contribution in [1.29, 1.82) is 5.26 Å². The molecule has 44 heavy (non-hydrogen) atoms. The molecule has 1 amide bonds. The summed E-state index contributed by atoms with van der Waals surface area (Å²) in [6.07, 6.45) is 10.4. The van der Waals surface area contributed by atoms with Gasteiger partial charge in [0, 0.05) is 48.9 Å². The van der Waals surface area contributed by atoms with Gasteiger partial charge in [0.05, 0.1) is 18.1 Å². The number of fused-ring (bicyclic) bond motifs is 2. The maximum absolute atomic E-state index is 12.3. The Hall–Kier alpha value is -5.34. The lowest BCUT2D eigenvalue weighted by Crippen LogP contribution is -2.50. The van der Waals surface area contributed by atoms with E-state index in [1.165, 1.54) is 17.2 Å². The van der Waals surface area contributed by atoms with E-state index in [-0.39, 0.29) is 24.0 Å². The quantitative estimate of drug-likeness (QED) is 0.270. The molecule has 3 atom stereocenters. The van der Waals surface area contributed by atoms with E-state index in [1.807, 2.05) is 36.5 Å². The molecule has 1 aromatic carbocycles. The van der Waals surface area contributed by atoms with Gasteiger partial charge in [-0.3, -0.25) is 9.36 Å². The number of nitrogens with zero attached hydrogens (tertiary/aromatic N) is 8. The Bertz CT molecular complexity index is 1900. The monoisotopic (exact) mass is 584 g/mol. The SMILES string of the molecule is C=CC(=O)N1CCC(N[C@H]2CCc3cc(-n4c(-c5cccnc5N)nc5ccc(-n6cccn6)nc54)ccc32)CC1CC#N. The molecule has 1 fully saturated rings. The average molecular weight is 585 g/mol. The molecule has 7 rings (SSSR count). The zero-order chi connectivity index (χ0) is 30.2. The number of amides is 1. The zero-order valence-corrected chi connectivity index (χ0v) is 24.2. The van der Waals surface area contributed by atoms with Crippen LogP contribution in [-0.4, -0.2) is 58.7 Å². The Morgan fingerprint density at radius 3 is 2.86 bits per heavy atom. The van der Waals surface area contributed by atoms with E-state index in [0.29, 0.717) is 36.1 Å². The first-order chi connectivity index (χ1) is 21.5. The van der Waals surface area contributed by atoms with Crippen molar-refractivity contribution in [2.45, 2.75) is 50.2 Å². The van der Waals surface area contributed by atoms with Crippen LogP contribution in [0.4, 0.5) is 5.82 Å². The lowest BCUT2D eigenvalue weighted by molar-refractivity contribution is -0.129. The van der Waals surface area contributed by atoms with Gasteiger partial charge in [-0.25, -0.2) is 19.6 Å². The van der Waals surface area contributed by atoms with Gasteiger partial charge < -0.3 is 16.0 Å². The van der Waals surface area contributed by atoms with Crippen molar-refractivity contribution in [1.82, 2.24) is 39.5 Å². The minimum absolute atomic E-state index is 0.104. The number of nitriles is 1. The number of aromatic nitrogens is 6. The van der Waals surface area contributed by atoms with Crippen LogP contribution in [0.25, 0.3) is 34.1 Å². The van der Waals surface area contributed by atoms with E-state index >= 15 is 0 Å². The molecule has 2 aliphatic rings. The molecule has 1 aliphatic carbocycles. The number of nitrogens with one attached hydrogen (secondary N) is 1. The number of nitrogens with two attached hydrogens (primary N) is 1. The van der Waals surface area contributed by atoms with E-state index in [9.17, 15) is 10.1 Å². The normalized spacial score (nSPS) is 19.5. The van der Waals surface area contributed by atoms with Crippen LogP contribution in [0.5, 0.6) is 0 Å². The molecule has 11 nitrogen and oxygen atoms in total. The van der Waals surface area contributed by atoms with Gasteiger partial charge in [-0.05, 0) is 85.4 Å². The number of hydrogen-bond acceptors (Lipinski definition) is 8. The van der Waals surface area contributed by atoms with Crippen LogP contribution < -0.4 is 11.1 Å². The number of rotatable bonds is 7. The van der Waals surface area contributed by atoms with Crippen molar-refractivity contribution in [2.75, 3.05) is 12.3 Å². The fourth-order valence-corrected chi connectivity index (χ4v) is 6.62. The molecule has 2 unspecified atom stereocenters. The highest BCUT2D eigenvalue weighted by molar-refractivity contribution is 5.87. The number of likely N-dealkylation sites (tertiary alicyclic amines) is 1. The Balaban J connectivity index is 1.22. The molecular formula is C33H32N10O. The van der Waals surface area contributed by atoms with Gasteiger partial charge in [0.25, 0.3) is 0 Å². The summed E-state index contributed by atoms with van der Waals surface area (Å²) < 4.78 is 3.78. The fraction of sp³-hybridized carbons (Fsp3) is 0.273. The fourth-order valence-electron chi connectivity index (χ4n) is 6.62. The van der Waals surface area contributed by atoms with Gasteiger partial charge in [0.15, 0.2) is 17.3 Å². The minimum Gasteiger partial charge on any atom is -0.383 e. The maximum atomic E-state index is 12.3. The first-order valence-corrected chi connectivity index (χ1v) is 14.8. The summed E-state index contributed by atoms with van der Waals surface area (Å²) in [7, 11) is 0. The van der Waals surface area contributed by atoms with E-state index in [0.717, 1.165) is 42.5 Å². The predicted molar refractivity (Wildman–Crippen MR) is 167 cm³/mol. The Labute approximate surface area is 254 Å². The van der Waals surface area contributed by atoms with Crippen LogP contribution in [0.2, 0.25) is 0 Å². The molecule has 0 radical (unpaired) electrons. The highest BCUT2D eigenvalue weighted by atomic mass is 16.2. The summed E-state index contributed by atoms with van der Waals surface area (Å²) in [6.45, 7) is 4.25. The summed E-state index contributed by atoms with van der Waals surface area (Å²) in [6, 6.07) is 18.6. The Morgan fingerprint density at radius 1 is 1.16 bits per heavy atom. The first kappa shape index (κ1) is 27.5.